The molecule has 4 rings (SSSR count). The lowest BCUT2D eigenvalue weighted by atomic mass is 10.0. The smallest absolute Gasteiger partial charge is 0.240 e. The predicted molar refractivity (Wildman–Crippen MR) is 111 cm³/mol. The van der Waals surface area contributed by atoms with E-state index in [4.69, 9.17) is 11.6 Å². The van der Waals surface area contributed by atoms with E-state index in [0.29, 0.717) is 10.2 Å². The molecule has 1 aromatic heterocycles. The number of benzene rings is 2. The van der Waals surface area contributed by atoms with Crippen molar-refractivity contribution < 1.29 is 4.79 Å². The first-order valence-corrected chi connectivity index (χ1v) is 10.2. The number of hydrogen-bond acceptors (Lipinski definition) is 5. The molecule has 138 valence electrons. The normalized spacial score (nSPS) is 18.5. The highest BCUT2D eigenvalue weighted by Gasteiger charge is 2.37. The molecular weight excluding hydrogens is 450 g/mol. The van der Waals surface area contributed by atoms with Crippen molar-refractivity contribution in [3.05, 3.63) is 69.4 Å². The molecule has 0 saturated carbocycles. The van der Waals surface area contributed by atoms with Crippen LogP contribution in [0.25, 0.3) is 0 Å². The molecule has 0 bridgehead atoms. The maximum Gasteiger partial charge on any atom is 0.240 e. The van der Waals surface area contributed by atoms with Crippen molar-refractivity contribution in [3.63, 3.8) is 0 Å². The fourth-order valence-corrected chi connectivity index (χ4v) is 4.34. The average Bonchev–Trinajstić information content (AvgIpc) is 3.03. The minimum atomic E-state index is -0.425. The Bertz CT molecular complexity index is 976. The lowest BCUT2D eigenvalue weighted by Crippen LogP contribution is -2.41. The van der Waals surface area contributed by atoms with Gasteiger partial charge in [-0.15, -0.1) is 10.2 Å². The molecule has 2 N–H and O–H groups in total. The van der Waals surface area contributed by atoms with Gasteiger partial charge >= 0.3 is 0 Å². The number of thioether (sulfide) groups is 1. The van der Waals surface area contributed by atoms with Crippen LogP contribution in [0.5, 0.6) is 0 Å². The second kappa shape index (κ2) is 7.53. The summed E-state index contributed by atoms with van der Waals surface area (Å²) in [6, 6.07) is 14.7. The summed E-state index contributed by atoms with van der Waals surface area (Å²) in [5.41, 5.74) is 5.06. The van der Waals surface area contributed by atoms with E-state index in [2.05, 4.69) is 36.9 Å². The number of aromatic nitrogens is 3. The van der Waals surface area contributed by atoms with Crippen LogP contribution in [-0.4, -0.2) is 26.0 Å². The average molecular weight is 465 g/mol. The van der Waals surface area contributed by atoms with E-state index in [9.17, 15) is 4.79 Å². The van der Waals surface area contributed by atoms with E-state index < -0.39 is 5.25 Å². The third kappa shape index (κ3) is 3.83. The van der Waals surface area contributed by atoms with Crippen LogP contribution >= 0.6 is 39.3 Å². The number of carbonyl (C=O) groups excluding carboxylic acids is 1. The molecule has 9 heteroatoms. The summed E-state index contributed by atoms with van der Waals surface area (Å²) in [6.45, 7) is 1.87. The van der Waals surface area contributed by atoms with Crippen LogP contribution in [0.15, 0.2) is 58.2 Å². The first-order valence-electron chi connectivity index (χ1n) is 8.18. The summed E-state index contributed by atoms with van der Waals surface area (Å²) >= 11 is 10.8. The van der Waals surface area contributed by atoms with E-state index in [1.54, 1.807) is 0 Å². The van der Waals surface area contributed by atoms with Crippen LogP contribution in [0.1, 0.15) is 17.4 Å². The summed E-state index contributed by atoms with van der Waals surface area (Å²) in [6.07, 6.45) is 0. The van der Waals surface area contributed by atoms with E-state index >= 15 is 0 Å². The molecule has 27 heavy (non-hydrogen) atoms. The Kier molecular flexibility index (Phi) is 5.12. The molecular formula is C18H15BrClN5OS. The zero-order valence-corrected chi connectivity index (χ0v) is 17.3. The number of aryl methyl sites for hydroxylation is 1. The first-order chi connectivity index (χ1) is 13.0. The second-order valence-electron chi connectivity index (χ2n) is 6.06. The van der Waals surface area contributed by atoms with Crippen LogP contribution in [0, 0.1) is 6.92 Å². The van der Waals surface area contributed by atoms with E-state index in [0.717, 1.165) is 21.5 Å². The molecule has 0 fully saturated rings. The van der Waals surface area contributed by atoms with Gasteiger partial charge in [0.25, 0.3) is 0 Å². The van der Waals surface area contributed by atoms with Crippen molar-refractivity contribution in [1.29, 1.82) is 0 Å². The number of nitrogens with zero attached hydrogens (tertiary/aromatic N) is 3. The SMILES string of the molecule is Cc1nnc2n1N[C@@H](c1ccc(Cl)cc1)[C@@H](C(=O)Nc1ccc(Br)cc1)S2. The molecule has 6 nitrogen and oxygen atoms in total. The Morgan fingerprint density at radius 1 is 1.19 bits per heavy atom. The number of anilines is 1. The fourth-order valence-electron chi connectivity index (χ4n) is 2.83. The van der Waals surface area contributed by atoms with Gasteiger partial charge in [-0.25, -0.2) is 4.68 Å². The van der Waals surface area contributed by atoms with Gasteiger partial charge in [0.05, 0.1) is 6.04 Å². The van der Waals surface area contributed by atoms with Gasteiger partial charge in [-0.05, 0) is 48.9 Å². The standard InChI is InChI=1S/C18H15BrClN5OS/c1-10-22-23-18-25(10)24-15(11-2-6-13(20)7-3-11)16(27-18)17(26)21-14-8-4-12(19)5-9-14/h2-9,15-16,24H,1H3,(H,21,26)/t15-,16-/m0/s1. The van der Waals surface area contributed by atoms with E-state index in [1.165, 1.54) is 11.8 Å². The zero-order chi connectivity index (χ0) is 19.0. The molecule has 0 unspecified atom stereocenters. The highest BCUT2D eigenvalue weighted by molar-refractivity contribution is 9.10. The van der Waals surface area contributed by atoms with Crippen molar-refractivity contribution in [2.75, 3.05) is 10.7 Å². The van der Waals surface area contributed by atoms with E-state index in [-0.39, 0.29) is 11.9 Å². The lowest BCUT2D eigenvalue weighted by molar-refractivity contribution is -0.116. The molecule has 2 heterocycles. The third-order valence-corrected chi connectivity index (χ3v) is 6.19. The van der Waals surface area contributed by atoms with Gasteiger partial charge in [0, 0.05) is 15.2 Å². The molecule has 1 amide bonds. The van der Waals surface area contributed by atoms with Crippen LogP contribution in [0.4, 0.5) is 5.69 Å². The molecule has 3 aromatic rings. The Balaban J connectivity index is 1.65. The van der Waals surface area contributed by atoms with E-state index in [1.807, 2.05) is 60.1 Å². The van der Waals surface area contributed by atoms with Gasteiger partial charge in [-0.3, -0.25) is 4.79 Å². The Hall–Kier alpha value is -2.03. The quantitative estimate of drug-likeness (QED) is 0.601. The maximum absolute atomic E-state index is 13.1. The largest absolute Gasteiger partial charge is 0.325 e. The molecule has 0 aliphatic carbocycles. The van der Waals surface area contributed by atoms with Crippen LogP contribution in [0.3, 0.4) is 0 Å². The second-order valence-corrected chi connectivity index (χ2v) is 8.52. The highest BCUT2D eigenvalue weighted by Crippen LogP contribution is 2.37. The number of nitrogens with one attached hydrogen (secondary N) is 2. The van der Waals surface area contributed by atoms with Gasteiger partial charge in [0.1, 0.15) is 11.1 Å². The summed E-state index contributed by atoms with van der Waals surface area (Å²) in [5.74, 6) is 0.630. The minimum absolute atomic E-state index is 0.110. The first kappa shape index (κ1) is 18.3. The fraction of sp³-hybridized carbons (Fsp3) is 0.167. The summed E-state index contributed by atoms with van der Waals surface area (Å²) < 4.78 is 2.77. The summed E-state index contributed by atoms with van der Waals surface area (Å²) in [4.78, 5) is 13.1. The summed E-state index contributed by atoms with van der Waals surface area (Å²) in [5, 5.41) is 12.1. The maximum atomic E-state index is 13.1. The lowest BCUT2D eigenvalue weighted by Gasteiger charge is -2.32. The zero-order valence-electron chi connectivity index (χ0n) is 14.2. The van der Waals surface area contributed by atoms with Crippen LogP contribution < -0.4 is 10.7 Å². The monoisotopic (exact) mass is 463 g/mol. The minimum Gasteiger partial charge on any atom is -0.325 e. The van der Waals surface area contributed by atoms with Crippen molar-refractivity contribution in [3.8, 4) is 0 Å². The number of carbonyl (C=O) groups is 1. The van der Waals surface area contributed by atoms with Gasteiger partial charge in [-0.2, -0.15) is 0 Å². The molecule has 0 spiro atoms. The van der Waals surface area contributed by atoms with Gasteiger partial charge in [0.15, 0.2) is 0 Å². The number of amides is 1. The van der Waals surface area contributed by atoms with Crippen LogP contribution in [0.2, 0.25) is 5.02 Å². The third-order valence-electron chi connectivity index (χ3n) is 4.20. The Labute approximate surface area is 173 Å². The molecule has 0 radical (unpaired) electrons. The summed E-state index contributed by atoms with van der Waals surface area (Å²) in [7, 11) is 0. The molecule has 1 aliphatic heterocycles. The van der Waals surface area contributed by atoms with Gasteiger partial charge in [0.2, 0.25) is 11.1 Å². The molecule has 2 aromatic carbocycles. The van der Waals surface area contributed by atoms with Crippen molar-refractivity contribution in [2.45, 2.75) is 23.4 Å². The number of hydrogen-bond donors (Lipinski definition) is 2. The Morgan fingerprint density at radius 3 is 2.59 bits per heavy atom. The molecule has 2 atom stereocenters. The van der Waals surface area contributed by atoms with Crippen molar-refractivity contribution >= 4 is 50.9 Å². The van der Waals surface area contributed by atoms with Gasteiger partial charge in [-0.1, -0.05) is 51.4 Å². The van der Waals surface area contributed by atoms with Crippen LogP contribution in [-0.2, 0) is 4.79 Å². The number of halogens is 2. The molecule has 0 saturated heterocycles. The number of rotatable bonds is 3. The van der Waals surface area contributed by atoms with Crippen molar-refractivity contribution in [2.24, 2.45) is 0 Å². The number of fused-ring (bicyclic) bond motifs is 1. The molecule has 1 aliphatic rings. The predicted octanol–water partition coefficient (Wildman–Crippen LogP) is 4.40. The van der Waals surface area contributed by atoms with Crippen molar-refractivity contribution in [1.82, 2.24) is 14.9 Å². The topological polar surface area (TPSA) is 71.8 Å². The Morgan fingerprint density at radius 2 is 1.89 bits per heavy atom. The van der Waals surface area contributed by atoms with Gasteiger partial charge < -0.3 is 10.7 Å². The highest BCUT2D eigenvalue weighted by atomic mass is 79.9.